The molecule has 0 saturated heterocycles. The molecule has 0 spiro atoms. The number of oxazole rings is 1. The molecule has 0 unspecified atom stereocenters. The lowest BCUT2D eigenvalue weighted by molar-refractivity contribution is 0.147. The van der Waals surface area contributed by atoms with E-state index in [2.05, 4.69) is 4.98 Å². The molecule has 0 aliphatic carbocycles. The predicted molar refractivity (Wildman–Crippen MR) is 71.3 cm³/mol. The second-order valence-electron chi connectivity index (χ2n) is 4.35. The Bertz CT molecular complexity index is 521. The normalized spacial score (nSPS) is 11.2. The van der Waals surface area contributed by atoms with E-state index in [0.717, 1.165) is 5.56 Å². The zero-order valence-electron chi connectivity index (χ0n) is 11.0. The van der Waals surface area contributed by atoms with Crippen LogP contribution in [0.1, 0.15) is 5.89 Å². The Labute approximate surface area is 116 Å². The maximum atomic E-state index is 12.8. The summed E-state index contributed by atoms with van der Waals surface area (Å²) in [6, 6.07) is 5.97. The molecule has 0 radical (unpaired) electrons. The van der Waals surface area contributed by atoms with Crippen molar-refractivity contribution < 1.29 is 19.0 Å². The molecule has 0 atom stereocenters. The van der Waals surface area contributed by atoms with Crippen molar-refractivity contribution in [2.45, 2.75) is 6.54 Å². The van der Waals surface area contributed by atoms with E-state index in [1.807, 2.05) is 4.90 Å². The summed E-state index contributed by atoms with van der Waals surface area (Å²) >= 11 is 0. The minimum absolute atomic E-state index is 0.00548. The summed E-state index contributed by atoms with van der Waals surface area (Å²) in [6.45, 7) is 1.29. The molecule has 6 heteroatoms. The van der Waals surface area contributed by atoms with Crippen molar-refractivity contribution in [3.63, 3.8) is 0 Å². The van der Waals surface area contributed by atoms with Crippen LogP contribution in [0.25, 0.3) is 11.3 Å². The summed E-state index contributed by atoms with van der Waals surface area (Å²) in [5.74, 6) is 0.754. The van der Waals surface area contributed by atoms with Crippen LogP contribution in [0.5, 0.6) is 0 Å². The molecule has 108 valence electrons. The molecule has 2 rings (SSSR count). The summed E-state index contributed by atoms with van der Waals surface area (Å²) in [4.78, 5) is 5.99. The number of hydrogen-bond acceptors (Lipinski definition) is 5. The van der Waals surface area contributed by atoms with Crippen LogP contribution in [0.15, 0.2) is 34.9 Å². The fourth-order valence-corrected chi connectivity index (χ4v) is 1.88. The molecule has 20 heavy (non-hydrogen) atoms. The molecule has 1 aromatic carbocycles. The topological polar surface area (TPSA) is 69.7 Å². The van der Waals surface area contributed by atoms with Crippen LogP contribution in [0.2, 0.25) is 0 Å². The Kier molecular flexibility index (Phi) is 5.23. The van der Waals surface area contributed by atoms with Crippen LogP contribution in [0.4, 0.5) is 4.39 Å². The van der Waals surface area contributed by atoms with Gasteiger partial charge in [0.2, 0.25) is 5.89 Å². The molecular formula is C14H17FN2O3. The standard InChI is InChI=1S/C14H17FN2O3/c15-12-3-1-11(2-4-12)13-9-16-14(20-13)10-17(5-7-18)6-8-19/h1-4,9,18-19H,5-8,10H2. The summed E-state index contributed by atoms with van der Waals surface area (Å²) in [7, 11) is 0. The zero-order valence-corrected chi connectivity index (χ0v) is 11.0. The van der Waals surface area contributed by atoms with Gasteiger partial charge in [-0.05, 0) is 24.3 Å². The Morgan fingerprint density at radius 1 is 1.10 bits per heavy atom. The first-order valence-electron chi connectivity index (χ1n) is 6.37. The van der Waals surface area contributed by atoms with Crippen LogP contribution in [0, 0.1) is 5.82 Å². The molecule has 2 N–H and O–H groups in total. The van der Waals surface area contributed by atoms with Crippen molar-refractivity contribution in [3.05, 3.63) is 42.2 Å². The van der Waals surface area contributed by atoms with E-state index >= 15 is 0 Å². The van der Waals surface area contributed by atoms with Crippen LogP contribution in [-0.2, 0) is 6.54 Å². The second-order valence-corrected chi connectivity index (χ2v) is 4.35. The molecule has 0 fully saturated rings. The van der Waals surface area contributed by atoms with Crippen LogP contribution in [0.3, 0.4) is 0 Å². The van der Waals surface area contributed by atoms with Crippen molar-refractivity contribution in [2.75, 3.05) is 26.3 Å². The van der Waals surface area contributed by atoms with Gasteiger partial charge in [0.25, 0.3) is 0 Å². The van der Waals surface area contributed by atoms with Gasteiger partial charge in [-0.25, -0.2) is 9.37 Å². The SMILES string of the molecule is OCCN(CCO)Cc1ncc(-c2ccc(F)cc2)o1. The minimum atomic E-state index is -0.300. The van der Waals surface area contributed by atoms with E-state index in [4.69, 9.17) is 14.6 Å². The zero-order chi connectivity index (χ0) is 14.4. The molecule has 0 aliphatic heterocycles. The summed E-state index contributed by atoms with van der Waals surface area (Å²) in [6.07, 6.45) is 1.58. The van der Waals surface area contributed by atoms with Gasteiger partial charge in [-0.2, -0.15) is 0 Å². The highest BCUT2D eigenvalue weighted by atomic mass is 19.1. The summed E-state index contributed by atoms with van der Waals surface area (Å²) < 4.78 is 18.4. The minimum Gasteiger partial charge on any atom is -0.439 e. The maximum Gasteiger partial charge on any atom is 0.209 e. The van der Waals surface area contributed by atoms with Gasteiger partial charge in [0.1, 0.15) is 5.82 Å². The Hall–Kier alpha value is -1.76. The molecule has 0 aliphatic rings. The van der Waals surface area contributed by atoms with Crippen molar-refractivity contribution in [2.24, 2.45) is 0 Å². The van der Waals surface area contributed by atoms with E-state index in [1.165, 1.54) is 12.1 Å². The lowest BCUT2D eigenvalue weighted by atomic mass is 10.2. The number of hydrogen-bond donors (Lipinski definition) is 2. The van der Waals surface area contributed by atoms with E-state index in [0.29, 0.717) is 31.3 Å². The molecule has 0 bridgehead atoms. The van der Waals surface area contributed by atoms with Gasteiger partial charge in [0, 0.05) is 18.7 Å². The molecule has 1 aromatic heterocycles. The van der Waals surface area contributed by atoms with Gasteiger partial charge in [-0.1, -0.05) is 0 Å². The van der Waals surface area contributed by atoms with E-state index in [1.54, 1.807) is 18.3 Å². The highest BCUT2D eigenvalue weighted by Crippen LogP contribution is 2.21. The Morgan fingerprint density at radius 2 is 1.75 bits per heavy atom. The van der Waals surface area contributed by atoms with Crippen LogP contribution >= 0.6 is 0 Å². The van der Waals surface area contributed by atoms with Gasteiger partial charge in [-0.15, -0.1) is 0 Å². The third-order valence-electron chi connectivity index (χ3n) is 2.87. The molecular weight excluding hydrogens is 263 g/mol. The van der Waals surface area contributed by atoms with Gasteiger partial charge >= 0.3 is 0 Å². The third kappa shape index (κ3) is 3.86. The molecule has 0 amide bonds. The highest BCUT2D eigenvalue weighted by molar-refractivity contribution is 5.55. The number of halogens is 1. The largest absolute Gasteiger partial charge is 0.439 e. The number of aliphatic hydroxyl groups excluding tert-OH is 2. The fraction of sp³-hybridized carbons (Fsp3) is 0.357. The lowest BCUT2D eigenvalue weighted by Crippen LogP contribution is -2.29. The molecule has 1 heterocycles. The first-order valence-corrected chi connectivity index (χ1v) is 6.37. The second kappa shape index (κ2) is 7.14. The molecule has 2 aromatic rings. The third-order valence-corrected chi connectivity index (χ3v) is 2.87. The Morgan fingerprint density at radius 3 is 2.35 bits per heavy atom. The average molecular weight is 280 g/mol. The summed E-state index contributed by atoms with van der Waals surface area (Å²) in [5, 5.41) is 17.9. The highest BCUT2D eigenvalue weighted by Gasteiger charge is 2.11. The average Bonchev–Trinajstić information content (AvgIpc) is 2.89. The Balaban J connectivity index is 2.06. The maximum absolute atomic E-state index is 12.8. The van der Waals surface area contributed by atoms with Gasteiger partial charge in [-0.3, -0.25) is 4.90 Å². The molecule has 0 saturated carbocycles. The van der Waals surface area contributed by atoms with E-state index in [9.17, 15) is 4.39 Å². The number of nitrogens with zero attached hydrogens (tertiary/aromatic N) is 2. The van der Waals surface area contributed by atoms with Gasteiger partial charge < -0.3 is 14.6 Å². The van der Waals surface area contributed by atoms with Crippen molar-refractivity contribution in [1.82, 2.24) is 9.88 Å². The predicted octanol–water partition coefficient (Wildman–Crippen LogP) is 1.27. The number of aliphatic hydroxyl groups is 2. The van der Waals surface area contributed by atoms with Crippen LogP contribution in [-0.4, -0.2) is 46.4 Å². The van der Waals surface area contributed by atoms with Crippen molar-refractivity contribution in [3.8, 4) is 11.3 Å². The lowest BCUT2D eigenvalue weighted by Gasteiger charge is -2.17. The number of rotatable bonds is 7. The fourth-order valence-electron chi connectivity index (χ4n) is 1.88. The van der Waals surface area contributed by atoms with Crippen molar-refractivity contribution >= 4 is 0 Å². The smallest absolute Gasteiger partial charge is 0.209 e. The number of benzene rings is 1. The van der Waals surface area contributed by atoms with Gasteiger partial charge in [0.05, 0.1) is 26.0 Å². The first-order chi connectivity index (χ1) is 9.72. The van der Waals surface area contributed by atoms with E-state index < -0.39 is 0 Å². The first kappa shape index (κ1) is 14.6. The number of aromatic nitrogens is 1. The van der Waals surface area contributed by atoms with Crippen molar-refractivity contribution in [1.29, 1.82) is 0 Å². The quantitative estimate of drug-likeness (QED) is 0.799. The summed E-state index contributed by atoms with van der Waals surface area (Å²) in [5.41, 5.74) is 0.751. The monoisotopic (exact) mass is 280 g/mol. The van der Waals surface area contributed by atoms with Gasteiger partial charge in [0.15, 0.2) is 5.76 Å². The van der Waals surface area contributed by atoms with Crippen LogP contribution < -0.4 is 0 Å². The van der Waals surface area contributed by atoms with E-state index in [-0.39, 0.29) is 19.0 Å². The molecule has 5 nitrogen and oxygen atoms in total.